The van der Waals surface area contributed by atoms with Crippen LogP contribution in [-0.2, 0) is 0 Å². The third-order valence-electron chi connectivity index (χ3n) is 11.5. The van der Waals surface area contributed by atoms with E-state index in [4.69, 9.17) is 29.9 Å². The lowest BCUT2D eigenvalue weighted by atomic mass is 10.00. The lowest BCUT2D eigenvalue weighted by Crippen LogP contribution is -2.11. The van der Waals surface area contributed by atoms with Crippen LogP contribution in [0.3, 0.4) is 0 Å². The van der Waals surface area contributed by atoms with Crippen molar-refractivity contribution in [3.05, 3.63) is 194 Å². The standard InChI is InChI=1S/C52H34N8/c1-5-18-34(19-6-1)47-53-48(35-20-7-2-8-21-35)56-51(55-47)59-43-28-16-15-27-39(43)41-31-45-42(32-44(41)59)40-30-29-33-17-13-14-26-38(33)46(40)60(45)52-57-49(36-22-9-3-10-23-36)54-50(58-52)37-24-11-4-12-25-37/h1-24,26-32,37H,25H2. The molecule has 1 aliphatic rings. The summed E-state index contributed by atoms with van der Waals surface area (Å²) in [5, 5.41) is 6.56. The van der Waals surface area contributed by atoms with Crippen LogP contribution in [0, 0.1) is 0 Å². The largest absolute Gasteiger partial charge is 0.278 e. The molecule has 8 nitrogen and oxygen atoms in total. The van der Waals surface area contributed by atoms with Gasteiger partial charge in [0.2, 0.25) is 11.9 Å². The summed E-state index contributed by atoms with van der Waals surface area (Å²) in [5.41, 5.74) is 6.80. The second-order valence-electron chi connectivity index (χ2n) is 15.1. The smallest absolute Gasteiger partial charge is 0.238 e. The van der Waals surface area contributed by atoms with Crippen molar-refractivity contribution in [2.24, 2.45) is 0 Å². The number of aromatic nitrogens is 8. The van der Waals surface area contributed by atoms with Gasteiger partial charge in [0.1, 0.15) is 5.82 Å². The summed E-state index contributed by atoms with van der Waals surface area (Å²) in [6.07, 6.45) is 9.34. The fourth-order valence-corrected chi connectivity index (χ4v) is 8.69. The first-order chi connectivity index (χ1) is 29.7. The zero-order valence-corrected chi connectivity index (χ0v) is 32.3. The van der Waals surface area contributed by atoms with Gasteiger partial charge >= 0.3 is 0 Å². The molecule has 11 aromatic rings. The molecule has 0 radical (unpaired) electrons. The summed E-state index contributed by atoms with van der Waals surface area (Å²) in [4.78, 5) is 31.1. The van der Waals surface area contributed by atoms with Crippen molar-refractivity contribution in [3.8, 4) is 46.1 Å². The number of fused-ring (bicyclic) bond motifs is 8. The van der Waals surface area contributed by atoms with Gasteiger partial charge in [0.25, 0.3) is 0 Å². The maximum atomic E-state index is 5.33. The SMILES string of the molecule is C1=CCC(c2nc(-c3ccccc3)nc(-n3c4cc5c6ccccc6n(-c6nc(-c7ccccc7)nc(-c7ccccc7)n6)c5cc4c4ccc5ccccc5c43)n2)C=C1. The van der Waals surface area contributed by atoms with E-state index in [2.05, 4.69) is 118 Å². The summed E-state index contributed by atoms with van der Waals surface area (Å²) in [6.45, 7) is 0. The van der Waals surface area contributed by atoms with Crippen molar-refractivity contribution in [2.45, 2.75) is 12.3 Å². The number of hydrogen-bond acceptors (Lipinski definition) is 6. The molecule has 0 N–H and O–H groups in total. The Morgan fingerprint density at radius 2 is 0.950 bits per heavy atom. The topological polar surface area (TPSA) is 87.2 Å². The van der Waals surface area contributed by atoms with Crippen LogP contribution in [0.2, 0.25) is 0 Å². The first-order valence-corrected chi connectivity index (χ1v) is 20.2. The summed E-state index contributed by atoms with van der Waals surface area (Å²) in [5.74, 6) is 3.76. The Kier molecular flexibility index (Phi) is 7.81. The highest BCUT2D eigenvalue weighted by Crippen LogP contribution is 2.41. The van der Waals surface area contributed by atoms with Gasteiger partial charge in [0.15, 0.2) is 17.5 Å². The van der Waals surface area contributed by atoms with E-state index in [0.717, 1.165) is 83.3 Å². The lowest BCUT2D eigenvalue weighted by Gasteiger charge is -2.15. The molecule has 0 fully saturated rings. The monoisotopic (exact) mass is 770 g/mol. The normalized spacial score (nSPS) is 14.0. The van der Waals surface area contributed by atoms with E-state index in [0.29, 0.717) is 29.4 Å². The van der Waals surface area contributed by atoms with Crippen molar-refractivity contribution in [2.75, 3.05) is 0 Å². The van der Waals surface area contributed by atoms with Gasteiger partial charge in [-0.25, -0.2) is 9.97 Å². The number of allylic oxidation sites excluding steroid dienone is 4. The van der Waals surface area contributed by atoms with E-state index in [9.17, 15) is 0 Å². The highest BCUT2D eigenvalue weighted by Gasteiger charge is 2.24. The van der Waals surface area contributed by atoms with Crippen LogP contribution < -0.4 is 0 Å². The number of para-hydroxylation sites is 1. The molecular weight excluding hydrogens is 737 g/mol. The number of hydrogen-bond donors (Lipinski definition) is 0. The van der Waals surface area contributed by atoms with Crippen molar-refractivity contribution in [1.29, 1.82) is 0 Å². The molecule has 0 saturated carbocycles. The van der Waals surface area contributed by atoms with E-state index >= 15 is 0 Å². The Balaban J connectivity index is 1.19. The Morgan fingerprint density at radius 3 is 1.60 bits per heavy atom. The molecule has 4 aromatic heterocycles. The first-order valence-electron chi connectivity index (χ1n) is 20.2. The van der Waals surface area contributed by atoms with Gasteiger partial charge in [-0.3, -0.25) is 9.13 Å². The van der Waals surface area contributed by atoms with Crippen LogP contribution in [0.1, 0.15) is 18.2 Å². The molecule has 7 aromatic carbocycles. The van der Waals surface area contributed by atoms with Crippen LogP contribution in [0.5, 0.6) is 0 Å². The van der Waals surface area contributed by atoms with Crippen molar-refractivity contribution < 1.29 is 0 Å². The zero-order chi connectivity index (χ0) is 39.6. The van der Waals surface area contributed by atoms with Gasteiger partial charge in [-0.2, -0.15) is 19.9 Å². The zero-order valence-electron chi connectivity index (χ0n) is 32.3. The van der Waals surface area contributed by atoms with Gasteiger partial charge in [0.05, 0.1) is 22.1 Å². The predicted molar refractivity (Wildman–Crippen MR) is 241 cm³/mol. The van der Waals surface area contributed by atoms with Crippen LogP contribution in [0.4, 0.5) is 0 Å². The predicted octanol–water partition coefficient (Wildman–Crippen LogP) is 12.0. The molecule has 4 heterocycles. The minimum absolute atomic E-state index is 0.0237. The second kappa shape index (κ2) is 13.8. The quantitative estimate of drug-likeness (QED) is 0.167. The Bertz CT molecular complexity index is 3460. The first kappa shape index (κ1) is 34.0. The fraction of sp³-hybridized carbons (Fsp3) is 0.0385. The minimum Gasteiger partial charge on any atom is -0.278 e. The summed E-state index contributed by atoms with van der Waals surface area (Å²) in [6, 6.07) is 56.5. The Labute approximate surface area is 344 Å². The van der Waals surface area contributed by atoms with Gasteiger partial charge in [-0.1, -0.05) is 170 Å². The molecule has 0 spiro atoms. The van der Waals surface area contributed by atoms with Gasteiger partial charge in [-0.15, -0.1) is 0 Å². The minimum atomic E-state index is 0.0237. The van der Waals surface area contributed by atoms with Crippen molar-refractivity contribution in [3.63, 3.8) is 0 Å². The maximum absolute atomic E-state index is 5.33. The van der Waals surface area contributed by atoms with Crippen LogP contribution in [-0.4, -0.2) is 39.0 Å². The molecule has 0 amide bonds. The number of rotatable bonds is 6. The maximum Gasteiger partial charge on any atom is 0.238 e. The highest BCUT2D eigenvalue weighted by molar-refractivity contribution is 6.23. The fourth-order valence-electron chi connectivity index (χ4n) is 8.69. The van der Waals surface area contributed by atoms with Gasteiger partial charge < -0.3 is 0 Å². The molecule has 1 atom stereocenters. The van der Waals surface area contributed by atoms with Crippen molar-refractivity contribution >= 4 is 54.4 Å². The summed E-state index contributed by atoms with van der Waals surface area (Å²) < 4.78 is 4.44. The molecule has 60 heavy (non-hydrogen) atoms. The van der Waals surface area contributed by atoms with Crippen molar-refractivity contribution in [1.82, 2.24) is 39.0 Å². The van der Waals surface area contributed by atoms with E-state index in [1.807, 2.05) is 78.9 Å². The van der Waals surface area contributed by atoms with E-state index < -0.39 is 0 Å². The average Bonchev–Trinajstić information content (AvgIpc) is 3.84. The van der Waals surface area contributed by atoms with E-state index in [1.165, 1.54) is 0 Å². The van der Waals surface area contributed by atoms with Crippen LogP contribution in [0.25, 0.3) is 100 Å². The molecule has 1 unspecified atom stereocenters. The highest BCUT2D eigenvalue weighted by atomic mass is 15.2. The molecule has 1 aliphatic carbocycles. The molecule has 12 rings (SSSR count). The lowest BCUT2D eigenvalue weighted by molar-refractivity contribution is 0.750. The molecule has 282 valence electrons. The summed E-state index contributed by atoms with van der Waals surface area (Å²) >= 11 is 0. The number of nitrogens with zero attached hydrogens (tertiary/aromatic N) is 8. The van der Waals surface area contributed by atoms with Gasteiger partial charge in [-0.05, 0) is 30.0 Å². The van der Waals surface area contributed by atoms with Gasteiger partial charge in [0, 0.05) is 49.5 Å². The molecule has 0 bridgehead atoms. The number of benzene rings is 7. The molecule has 0 aliphatic heterocycles. The van der Waals surface area contributed by atoms with Crippen LogP contribution in [0.15, 0.2) is 188 Å². The second-order valence-corrected chi connectivity index (χ2v) is 15.1. The average molecular weight is 771 g/mol. The summed E-state index contributed by atoms with van der Waals surface area (Å²) in [7, 11) is 0. The van der Waals surface area contributed by atoms with E-state index in [1.54, 1.807) is 0 Å². The molecular formula is C52H34N8. The third kappa shape index (κ3) is 5.53. The molecule has 0 saturated heterocycles. The van der Waals surface area contributed by atoms with Crippen LogP contribution >= 0.6 is 0 Å². The molecule has 8 heteroatoms. The Morgan fingerprint density at radius 1 is 0.400 bits per heavy atom. The third-order valence-corrected chi connectivity index (χ3v) is 11.5. The Hall–Kier alpha value is -8.10. The van der Waals surface area contributed by atoms with E-state index in [-0.39, 0.29) is 5.92 Å².